The molecule has 1 aliphatic carbocycles. The van der Waals surface area contributed by atoms with Gasteiger partial charge in [-0.2, -0.15) is 0 Å². The van der Waals surface area contributed by atoms with E-state index in [1.807, 2.05) is 85.1 Å². The van der Waals surface area contributed by atoms with Crippen molar-refractivity contribution in [3.05, 3.63) is 131 Å². The Morgan fingerprint density at radius 2 is 1.47 bits per heavy atom. The smallest absolute Gasteiger partial charge is 0.407 e. The summed E-state index contributed by atoms with van der Waals surface area (Å²) in [5.74, 6) is -0.707. The molecule has 4 N–H and O–H groups in total. The van der Waals surface area contributed by atoms with E-state index in [2.05, 4.69) is 66.9 Å². The number of H-pyrrole nitrogens is 2. The van der Waals surface area contributed by atoms with Crippen LogP contribution in [-0.4, -0.2) is 51.2 Å². The minimum absolute atomic E-state index is 0.0528. The molecule has 1 aliphatic rings. The number of rotatable bonds is 8. The number of aromatic amines is 2. The number of esters is 1. The SMILES string of the molecule is CC(C)(C)OC(=O)C[C@H](NC(=O)OCC1c2ccccc2-c2ccccc21)C(=O)Nc1ccc2c3ccccc3c3nc(-c4c[nH]c5ccc(Br)cc45)[nH]c3c2c1. The number of nitrogens with one attached hydrogen (secondary N) is 4. The van der Waals surface area contributed by atoms with Crippen molar-refractivity contribution in [1.82, 2.24) is 20.3 Å². The number of carbonyl (C=O) groups is 3. The van der Waals surface area contributed by atoms with Crippen LogP contribution in [0.1, 0.15) is 44.2 Å². The third kappa shape index (κ3) is 6.88. The lowest BCUT2D eigenvalue weighted by Gasteiger charge is -2.23. The zero-order valence-electron chi connectivity index (χ0n) is 31.4. The summed E-state index contributed by atoms with van der Waals surface area (Å²) < 4.78 is 12.3. The lowest BCUT2D eigenvalue weighted by atomic mass is 9.98. The van der Waals surface area contributed by atoms with Crippen LogP contribution in [0.3, 0.4) is 0 Å². The summed E-state index contributed by atoms with van der Waals surface area (Å²) in [6.07, 6.45) is 0.723. The van der Waals surface area contributed by atoms with Gasteiger partial charge in [0.1, 0.15) is 24.1 Å². The molecule has 0 unspecified atom stereocenters. The average molecular weight is 821 g/mol. The van der Waals surface area contributed by atoms with Crippen LogP contribution in [0.2, 0.25) is 0 Å². The summed E-state index contributed by atoms with van der Waals surface area (Å²) in [6.45, 7) is 5.29. The summed E-state index contributed by atoms with van der Waals surface area (Å²) in [5.41, 5.74) is 7.51. The molecule has 6 aromatic carbocycles. The van der Waals surface area contributed by atoms with Crippen LogP contribution in [0.5, 0.6) is 0 Å². The van der Waals surface area contributed by atoms with Gasteiger partial charge in [0.2, 0.25) is 5.91 Å². The molecule has 1 atom stereocenters. The molecule has 284 valence electrons. The number of ether oxygens (including phenoxy) is 2. The number of alkyl carbamates (subject to hydrolysis) is 1. The Labute approximate surface area is 336 Å². The van der Waals surface area contributed by atoms with E-state index in [-0.39, 0.29) is 12.5 Å². The zero-order valence-corrected chi connectivity index (χ0v) is 33.0. The Bertz CT molecular complexity index is 2860. The van der Waals surface area contributed by atoms with Crippen molar-refractivity contribution < 1.29 is 23.9 Å². The number of aromatic nitrogens is 3. The molecule has 0 spiro atoms. The van der Waals surface area contributed by atoms with E-state index in [4.69, 9.17) is 14.5 Å². The zero-order chi connectivity index (χ0) is 39.4. The van der Waals surface area contributed by atoms with Crippen molar-refractivity contribution in [3.8, 4) is 22.5 Å². The number of amides is 2. The highest BCUT2D eigenvalue weighted by molar-refractivity contribution is 9.10. The van der Waals surface area contributed by atoms with E-state index in [9.17, 15) is 14.4 Å². The largest absolute Gasteiger partial charge is 0.460 e. The van der Waals surface area contributed by atoms with Crippen molar-refractivity contribution in [2.45, 2.75) is 44.8 Å². The Morgan fingerprint density at radius 3 is 2.21 bits per heavy atom. The molecule has 0 saturated heterocycles. The number of benzene rings is 6. The monoisotopic (exact) mass is 819 g/mol. The fourth-order valence-electron chi connectivity index (χ4n) is 7.94. The molecule has 0 fully saturated rings. The quantitative estimate of drug-likeness (QED) is 0.0890. The normalized spacial score (nSPS) is 13.1. The van der Waals surface area contributed by atoms with Gasteiger partial charge in [0.25, 0.3) is 0 Å². The highest BCUT2D eigenvalue weighted by Crippen LogP contribution is 2.44. The van der Waals surface area contributed by atoms with E-state index in [0.717, 1.165) is 75.8 Å². The average Bonchev–Trinajstić information content (AvgIpc) is 3.90. The van der Waals surface area contributed by atoms with Crippen molar-refractivity contribution in [2.75, 3.05) is 11.9 Å². The van der Waals surface area contributed by atoms with Crippen LogP contribution in [0.25, 0.3) is 66.0 Å². The number of anilines is 1. The second kappa shape index (κ2) is 14.2. The molecule has 0 aliphatic heterocycles. The second-order valence-electron chi connectivity index (χ2n) is 15.3. The molecule has 10 nitrogen and oxygen atoms in total. The molecular weight excluding hydrogens is 782 g/mol. The van der Waals surface area contributed by atoms with Crippen molar-refractivity contribution in [2.24, 2.45) is 0 Å². The fourth-order valence-corrected chi connectivity index (χ4v) is 8.30. The molecule has 2 heterocycles. The molecule has 8 aromatic rings. The second-order valence-corrected chi connectivity index (χ2v) is 16.2. The van der Waals surface area contributed by atoms with Crippen LogP contribution < -0.4 is 10.6 Å². The maximum Gasteiger partial charge on any atom is 0.407 e. The summed E-state index contributed by atoms with van der Waals surface area (Å²) >= 11 is 3.60. The van der Waals surface area contributed by atoms with E-state index < -0.39 is 36.0 Å². The van der Waals surface area contributed by atoms with Crippen LogP contribution in [0.4, 0.5) is 10.5 Å². The molecule has 0 radical (unpaired) electrons. The lowest BCUT2D eigenvalue weighted by molar-refractivity contribution is -0.156. The first-order valence-corrected chi connectivity index (χ1v) is 19.6. The number of hydrogen-bond donors (Lipinski definition) is 4. The number of fused-ring (bicyclic) bond motifs is 10. The van der Waals surface area contributed by atoms with E-state index >= 15 is 0 Å². The molecule has 11 heteroatoms. The third-order valence-corrected chi connectivity index (χ3v) is 10.9. The number of carbonyl (C=O) groups excluding carboxylic acids is 3. The predicted molar refractivity (Wildman–Crippen MR) is 227 cm³/mol. The minimum Gasteiger partial charge on any atom is -0.460 e. The number of halogens is 1. The van der Waals surface area contributed by atoms with E-state index in [0.29, 0.717) is 11.5 Å². The summed E-state index contributed by atoms with van der Waals surface area (Å²) in [7, 11) is 0. The van der Waals surface area contributed by atoms with E-state index in [1.165, 1.54) is 0 Å². The summed E-state index contributed by atoms with van der Waals surface area (Å²) in [5, 5.41) is 10.4. The van der Waals surface area contributed by atoms with Gasteiger partial charge in [-0.1, -0.05) is 94.8 Å². The first-order valence-electron chi connectivity index (χ1n) is 18.8. The third-order valence-electron chi connectivity index (χ3n) is 10.4. The molecular formula is C46H38BrN5O5. The van der Waals surface area contributed by atoms with Crippen LogP contribution in [-0.2, 0) is 19.1 Å². The Morgan fingerprint density at radius 1 is 0.789 bits per heavy atom. The van der Waals surface area contributed by atoms with Gasteiger partial charge < -0.3 is 30.1 Å². The summed E-state index contributed by atoms with van der Waals surface area (Å²) in [4.78, 5) is 52.6. The Kier molecular flexibility index (Phi) is 9.04. The maximum absolute atomic E-state index is 14.0. The minimum atomic E-state index is -1.29. The molecule has 2 aromatic heterocycles. The lowest BCUT2D eigenvalue weighted by Crippen LogP contribution is -2.46. The molecule has 0 saturated carbocycles. The number of hydrogen-bond acceptors (Lipinski definition) is 6. The Hall–Kier alpha value is -6.46. The Balaban J connectivity index is 1.01. The highest BCUT2D eigenvalue weighted by Gasteiger charge is 2.31. The van der Waals surface area contributed by atoms with Crippen molar-refractivity contribution >= 4 is 83.1 Å². The molecule has 9 rings (SSSR count). The van der Waals surface area contributed by atoms with Gasteiger partial charge in [-0.25, -0.2) is 9.78 Å². The van der Waals surface area contributed by atoms with Gasteiger partial charge in [-0.15, -0.1) is 0 Å². The first kappa shape index (κ1) is 36.2. The van der Waals surface area contributed by atoms with Gasteiger partial charge in [0.05, 0.1) is 17.5 Å². The van der Waals surface area contributed by atoms with Crippen LogP contribution in [0.15, 0.2) is 120 Å². The van der Waals surface area contributed by atoms with Gasteiger partial charge >= 0.3 is 12.1 Å². The predicted octanol–water partition coefficient (Wildman–Crippen LogP) is 10.4. The van der Waals surface area contributed by atoms with Gasteiger partial charge in [0, 0.05) is 49.5 Å². The van der Waals surface area contributed by atoms with Crippen molar-refractivity contribution in [3.63, 3.8) is 0 Å². The topological polar surface area (TPSA) is 138 Å². The highest BCUT2D eigenvalue weighted by atomic mass is 79.9. The summed E-state index contributed by atoms with van der Waals surface area (Å²) in [6, 6.07) is 34.6. The van der Waals surface area contributed by atoms with Crippen LogP contribution in [0, 0.1) is 0 Å². The number of nitrogens with zero attached hydrogens (tertiary/aromatic N) is 1. The van der Waals surface area contributed by atoms with Gasteiger partial charge in [-0.3, -0.25) is 9.59 Å². The van der Waals surface area contributed by atoms with E-state index in [1.54, 1.807) is 20.8 Å². The standard InChI is InChI=1S/C46H38BrN5O5/c1-46(2,3)57-40(53)22-39(50-45(55)56-24-37-30-13-6-4-10-27(30)28-11-5-7-14-31(28)37)44(54)49-26-17-18-32-29-12-8-9-15-33(29)41-42(35(32)21-26)52-43(51-41)36-23-48-38-19-16-25(47)20-34(36)38/h4-21,23,37,39,48H,22,24H2,1-3H3,(H,49,54)(H,50,55)(H,51,52)/t39-/m0/s1. The maximum atomic E-state index is 14.0. The molecule has 57 heavy (non-hydrogen) atoms. The van der Waals surface area contributed by atoms with Crippen LogP contribution >= 0.6 is 15.9 Å². The number of imidazole rings is 1. The fraction of sp³-hybridized carbons (Fsp3) is 0.174. The van der Waals surface area contributed by atoms with Gasteiger partial charge in [0.15, 0.2) is 0 Å². The first-order chi connectivity index (χ1) is 27.5. The molecule has 2 amide bonds. The van der Waals surface area contributed by atoms with Crippen molar-refractivity contribution in [1.29, 1.82) is 0 Å². The molecule has 0 bridgehead atoms. The van der Waals surface area contributed by atoms with Gasteiger partial charge in [-0.05, 0) is 84.1 Å².